The molecule has 4 heteroatoms. The summed E-state index contributed by atoms with van der Waals surface area (Å²) in [6.45, 7) is 0.982. The zero-order valence-electron chi connectivity index (χ0n) is 11.3. The fraction of sp³-hybridized carbons (Fsp3) is 0.188. The van der Waals surface area contributed by atoms with Gasteiger partial charge in [-0.05, 0) is 36.4 Å². The molecule has 0 saturated heterocycles. The SMILES string of the molecule is CN(CCOc1ccccc1)C(=O)c1ccc(Cl)cc1. The summed E-state index contributed by atoms with van der Waals surface area (Å²) in [5.41, 5.74) is 0.622. The molecule has 0 heterocycles. The largest absolute Gasteiger partial charge is 0.492 e. The quantitative estimate of drug-likeness (QED) is 0.843. The first-order valence-corrected chi connectivity index (χ1v) is 6.73. The van der Waals surface area contributed by atoms with Crippen LogP contribution in [0.2, 0.25) is 5.02 Å². The number of amides is 1. The Morgan fingerprint density at radius 2 is 1.75 bits per heavy atom. The second kappa shape index (κ2) is 6.96. The molecule has 0 atom stereocenters. The van der Waals surface area contributed by atoms with Crippen LogP contribution in [0.3, 0.4) is 0 Å². The van der Waals surface area contributed by atoms with Gasteiger partial charge in [-0.2, -0.15) is 0 Å². The number of para-hydroxylation sites is 1. The lowest BCUT2D eigenvalue weighted by molar-refractivity contribution is 0.0774. The lowest BCUT2D eigenvalue weighted by atomic mass is 10.2. The molecule has 0 saturated carbocycles. The minimum absolute atomic E-state index is 0.0432. The van der Waals surface area contributed by atoms with Crippen LogP contribution in [0.1, 0.15) is 10.4 Å². The molecule has 3 nitrogen and oxygen atoms in total. The predicted octanol–water partition coefficient (Wildman–Crippen LogP) is 3.49. The van der Waals surface area contributed by atoms with Gasteiger partial charge in [0.05, 0.1) is 6.54 Å². The van der Waals surface area contributed by atoms with Gasteiger partial charge in [0.25, 0.3) is 5.91 Å². The lowest BCUT2D eigenvalue weighted by Gasteiger charge is -2.17. The van der Waals surface area contributed by atoms with Crippen molar-refractivity contribution in [3.05, 3.63) is 65.2 Å². The molecule has 2 aromatic carbocycles. The van der Waals surface area contributed by atoms with E-state index in [0.29, 0.717) is 23.7 Å². The molecule has 0 N–H and O–H groups in total. The van der Waals surface area contributed by atoms with E-state index in [1.807, 2.05) is 30.3 Å². The molecule has 2 aromatic rings. The van der Waals surface area contributed by atoms with E-state index in [0.717, 1.165) is 5.75 Å². The zero-order valence-corrected chi connectivity index (χ0v) is 12.0. The number of likely N-dealkylation sites (N-methyl/N-ethyl adjacent to an activating group) is 1. The normalized spacial score (nSPS) is 10.1. The van der Waals surface area contributed by atoms with Crippen LogP contribution in [0.15, 0.2) is 54.6 Å². The maximum Gasteiger partial charge on any atom is 0.253 e. The van der Waals surface area contributed by atoms with Crippen molar-refractivity contribution < 1.29 is 9.53 Å². The molecular formula is C16H16ClNO2. The third kappa shape index (κ3) is 4.00. The average Bonchev–Trinajstić information content (AvgIpc) is 2.48. The molecule has 0 fully saturated rings. The Kier molecular flexibility index (Phi) is 5.02. The highest BCUT2D eigenvalue weighted by atomic mass is 35.5. The molecule has 1 amide bonds. The zero-order chi connectivity index (χ0) is 14.4. The summed E-state index contributed by atoms with van der Waals surface area (Å²) in [6.07, 6.45) is 0. The highest BCUT2D eigenvalue weighted by molar-refractivity contribution is 6.30. The smallest absolute Gasteiger partial charge is 0.253 e. The molecule has 0 radical (unpaired) electrons. The summed E-state index contributed by atoms with van der Waals surface area (Å²) in [5.74, 6) is 0.762. The van der Waals surface area contributed by atoms with Crippen LogP contribution in [-0.4, -0.2) is 31.0 Å². The van der Waals surface area contributed by atoms with Crippen LogP contribution in [0.5, 0.6) is 5.75 Å². The molecule has 0 aliphatic carbocycles. The van der Waals surface area contributed by atoms with E-state index in [1.165, 1.54) is 0 Å². The van der Waals surface area contributed by atoms with Gasteiger partial charge in [-0.15, -0.1) is 0 Å². The summed E-state index contributed by atoms with van der Waals surface area (Å²) >= 11 is 5.80. The molecule has 0 unspecified atom stereocenters. The van der Waals surface area contributed by atoms with Crippen LogP contribution in [0.25, 0.3) is 0 Å². The number of halogens is 1. The number of nitrogens with zero attached hydrogens (tertiary/aromatic N) is 1. The van der Waals surface area contributed by atoms with Gasteiger partial charge in [0.1, 0.15) is 12.4 Å². The average molecular weight is 290 g/mol. The molecule has 0 aromatic heterocycles. The van der Waals surface area contributed by atoms with Gasteiger partial charge in [-0.25, -0.2) is 0 Å². The molecule has 0 bridgehead atoms. The summed E-state index contributed by atoms with van der Waals surface area (Å²) in [5, 5.41) is 0.622. The highest BCUT2D eigenvalue weighted by Crippen LogP contribution is 2.11. The third-order valence-corrected chi connectivity index (χ3v) is 3.13. The number of hydrogen-bond donors (Lipinski definition) is 0. The molecule has 0 aliphatic heterocycles. The summed E-state index contributed by atoms with van der Waals surface area (Å²) in [4.78, 5) is 13.8. The van der Waals surface area contributed by atoms with Crippen LogP contribution in [-0.2, 0) is 0 Å². The lowest BCUT2D eigenvalue weighted by Crippen LogP contribution is -2.30. The van der Waals surface area contributed by atoms with Crippen LogP contribution in [0, 0.1) is 0 Å². The van der Waals surface area contributed by atoms with E-state index in [2.05, 4.69) is 0 Å². The summed E-state index contributed by atoms with van der Waals surface area (Å²) < 4.78 is 5.57. The first kappa shape index (κ1) is 14.4. The first-order chi connectivity index (χ1) is 9.66. The van der Waals surface area contributed by atoms with E-state index in [9.17, 15) is 4.79 Å². The Labute approximate surface area is 123 Å². The molecule has 104 valence electrons. The fourth-order valence-electron chi connectivity index (χ4n) is 1.73. The van der Waals surface area contributed by atoms with Gasteiger partial charge < -0.3 is 9.64 Å². The van der Waals surface area contributed by atoms with Gasteiger partial charge in [0, 0.05) is 17.6 Å². The van der Waals surface area contributed by atoms with E-state index in [1.54, 1.807) is 36.2 Å². The molecule has 0 spiro atoms. The Morgan fingerprint density at radius 3 is 2.40 bits per heavy atom. The minimum atomic E-state index is -0.0432. The Balaban J connectivity index is 1.84. The van der Waals surface area contributed by atoms with Crippen LogP contribution >= 0.6 is 11.6 Å². The van der Waals surface area contributed by atoms with E-state index in [-0.39, 0.29) is 5.91 Å². The van der Waals surface area contributed by atoms with Crippen molar-refractivity contribution in [1.82, 2.24) is 4.90 Å². The maximum atomic E-state index is 12.1. The van der Waals surface area contributed by atoms with Crippen molar-refractivity contribution in [1.29, 1.82) is 0 Å². The molecular weight excluding hydrogens is 274 g/mol. The van der Waals surface area contributed by atoms with Crippen molar-refractivity contribution in [2.75, 3.05) is 20.2 Å². The topological polar surface area (TPSA) is 29.5 Å². The predicted molar refractivity (Wildman–Crippen MR) is 80.3 cm³/mol. The highest BCUT2D eigenvalue weighted by Gasteiger charge is 2.11. The van der Waals surface area contributed by atoms with E-state index < -0.39 is 0 Å². The fourth-order valence-corrected chi connectivity index (χ4v) is 1.86. The van der Waals surface area contributed by atoms with Crippen LogP contribution < -0.4 is 4.74 Å². The summed E-state index contributed by atoms with van der Waals surface area (Å²) in [7, 11) is 1.76. The van der Waals surface area contributed by atoms with Gasteiger partial charge in [0.15, 0.2) is 0 Å². The molecule has 2 rings (SSSR count). The Bertz CT molecular complexity index is 554. The number of ether oxygens (including phenoxy) is 1. The minimum Gasteiger partial charge on any atom is -0.492 e. The van der Waals surface area contributed by atoms with Crippen molar-refractivity contribution in [2.45, 2.75) is 0 Å². The second-order valence-corrected chi connectivity index (χ2v) is 4.83. The van der Waals surface area contributed by atoms with Gasteiger partial charge >= 0.3 is 0 Å². The Morgan fingerprint density at radius 1 is 1.10 bits per heavy atom. The number of rotatable bonds is 5. The monoisotopic (exact) mass is 289 g/mol. The number of carbonyl (C=O) groups is 1. The number of benzene rings is 2. The first-order valence-electron chi connectivity index (χ1n) is 6.36. The molecule has 20 heavy (non-hydrogen) atoms. The molecule has 0 aliphatic rings. The number of carbonyl (C=O) groups excluding carboxylic acids is 1. The van der Waals surface area contributed by atoms with Crippen molar-refractivity contribution >= 4 is 17.5 Å². The van der Waals surface area contributed by atoms with Crippen LogP contribution in [0.4, 0.5) is 0 Å². The van der Waals surface area contributed by atoms with Crippen molar-refractivity contribution in [2.24, 2.45) is 0 Å². The summed E-state index contributed by atoms with van der Waals surface area (Å²) in [6, 6.07) is 16.4. The second-order valence-electron chi connectivity index (χ2n) is 4.40. The van der Waals surface area contributed by atoms with Gasteiger partial charge in [-0.1, -0.05) is 29.8 Å². The van der Waals surface area contributed by atoms with Gasteiger partial charge in [0.2, 0.25) is 0 Å². The van der Waals surface area contributed by atoms with Crippen molar-refractivity contribution in [3.8, 4) is 5.75 Å². The third-order valence-electron chi connectivity index (χ3n) is 2.88. The van der Waals surface area contributed by atoms with Crippen molar-refractivity contribution in [3.63, 3.8) is 0 Å². The maximum absolute atomic E-state index is 12.1. The van der Waals surface area contributed by atoms with E-state index in [4.69, 9.17) is 16.3 Å². The van der Waals surface area contributed by atoms with E-state index >= 15 is 0 Å². The number of hydrogen-bond acceptors (Lipinski definition) is 2. The van der Waals surface area contributed by atoms with Gasteiger partial charge in [-0.3, -0.25) is 4.79 Å². The Hall–Kier alpha value is -2.00. The standard InChI is InChI=1S/C16H16ClNO2/c1-18(11-12-20-15-5-3-2-4-6-15)16(19)13-7-9-14(17)10-8-13/h2-10H,11-12H2,1H3.